The van der Waals surface area contributed by atoms with Crippen LogP contribution in [0.5, 0.6) is 0 Å². The van der Waals surface area contributed by atoms with Crippen molar-refractivity contribution in [3.63, 3.8) is 0 Å². The second kappa shape index (κ2) is 5.44. The van der Waals surface area contributed by atoms with Gasteiger partial charge in [-0.25, -0.2) is 13.2 Å². The van der Waals surface area contributed by atoms with Gasteiger partial charge in [0, 0.05) is 5.56 Å². The van der Waals surface area contributed by atoms with E-state index in [-0.39, 0.29) is 5.56 Å². The van der Waals surface area contributed by atoms with Gasteiger partial charge in [-0.05, 0) is 31.5 Å². The Morgan fingerprint density at radius 2 is 2.00 bits per heavy atom. The standard InChI is InChI=1S/C13H14F3NO/c1-17-13(8-3-2-6-18-7-8)9-4-5-10(14)12(16)11(9)15/h4-5,7,13,17H,2-3,6H2,1H3. The van der Waals surface area contributed by atoms with Gasteiger partial charge in [0.05, 0.1) is 18.9 Å². The average molecular weight is 257 g/mol. The van der Waals surface area contributed by atoms with Crippen molar-refractivity contribution in [2.24, 2.45) is 0 Å². The summed E-state index contributed by atoms with van der Waals surface area (Å²) < 4.78 is 45.0. The van der Waals surface area contributed by atoms with Gasteiger partial charge in [-0.2, -0.15) is 0 Å². The average Bonchev–Trinajstić information content (AvgIpc) is 2.41. The zero-order valence-corrected chi connectivity index (χ0v) is 9.97. The van der Waals surface area contributed by atoms with Gasteiger partial charge in [0.25, 0.3) is 0 Å². The molecule has 1 aliphatic heterocycles. The van der Waals surface area contributed by atoms with E-state index in [4.69, 9.17) is 4.74 Å². The van der Waals surface area contributed by atoms with Crippen molar-refractivity contribution in [1.82, 2.24) is 5.32 Å². The quantitative estimate of drug-likeness (QED) is 0.840. The number of nitrogens with one attached hydrogen (secondary N) is 1. The minimum Gasteiger partial charge on any atom is -0.501 e. The van der Waals surface area contributed by atoms with E-state index < -0.39 is 23.5 Å². The fourth-order valence-corrected chi connectivity index (χ4v) is 2.10. The van der Waals surface area contributed by atoms with Crippen molar-refractivity contribution in [2.45, 2.75) is 18.9 Å². The second-order valence-electron chi connectivity index (χ2n) is 4.15. The Bertz CT molecular complexity index is 474. The third-order valence-electron chi connectivity index (χ3n) is 3.00. The minimum absolute atomic E-state index is 0.0909. The first kappa shape index (κ1) is 13.0. The third kappa shape index (κ3) is 2.36. The summed E-state index contributed by atoms with van der Waals surface area (Å²) in [6.45, 7) is 0.625. The molecule has 0 saturated carbocycles. The summed E-state index contributed by atoms with van der Waals surface area (Å²) in [5.41, 5.74) is 0.918. The van der Waals surface area contributed by atoms with Crippen LogP contribution in [0.3, 0.4) is 0 Å². The van der Waals surface area contributed by atoms with Gasteiger partial charge in [0.1, 0.15) is 0 Å². The summed E-state index contributed by atoms with van der Waals surface area (Å²) in [4.78, 5) is 0. The molecule has 0 aromatic heterocycles. The molecule has 0 saturated heterocycles. The summed E-state index contributed by atoms with van der Waals surface area (Å²) in [5.74, 6) is -3.77. The molecule has 18 heavy (non-hydrogen) atoms. The number of rotatable bonds is 3. The van der Waals surface area contributed by atoms with Crippen LogP contribution in [0.2, 0.25) is 0 Å². The van der Waals surface area contributed by atoms with Crippen LogP contribution in [0.15, 0.2) is 24.0 Å². The fourth-order valence-electron chi connectivity index (χ4n) is 2.10. The van der Waals surface area contributed by atoms with E-state index in [0.29, 0.717) is 6.61 Å². The first-order chi connectivity index (χ1) is 8.65. The number of benzene rings is 1. The van der Waals surface area contributed by atoms with Crippen molar-refractivity contribution < 1.29 is 17.9 Å². The molecule has 0 fully saturated rings. The Hall–Kier alpha value is -1.49. The molecular weight excluding hydrogens is 243 g/mol. The molecule has 1 aromatic carbocycles. The Morgan fingerprint density at radius 3 is 2.61 bits per heavy atom. The molecule has 1 heterocycles. The molecule has 1 aliphatic rings. The maximum absolute atomic E-state index is 13.7. The molecule has 1 atom stereocenters. The van der Waals surface area contributed by atoms with Crippen LogP contribution in [0.25, 0.3) is 0 Å². The molecule has 2 rings (SSSR count). The van der Waals surface area contributed by atoms with Crippen LogP contribution < -0.4 is 5.32 Å². The first-order valence-corrected chi connectivity index (χ1v) is 5.76. The van der Waals surface area contributed by atoms with E-state index >= 15 is 0 Å². The van der Waals surface area contributed by atoms with E-state index in [9.17, 15) is 13.2 Å². The Kier molecular flexibility index (Phi) is 3.91. The van der Waals surface area contributed by atoms with Crippen molar-refractivity contribution in [3.8, 4) is 0 Å². The lowest BCUT2D eigenvalue weighted by molar-refractivity contribution is 0.219. The summed E-state index contributed by atoms with van der Waals surface area (Å²) in [6.07, 6.45) is 3.13. The minimum atomic E-state index is -1.44. The third-order valence-corrected chi connectivity index (χ3v) is 3.00. The number of ether oxygens (including phenoxy) is 1. The summed E-state index contributed by atoms with van der Waals surface area (Å²) in [7, 11) is 1.64. The molecule has 0 radical (unpaired) electrons. The summed E-state index contributed by atoms with van der Waals surface area (Å²) >= 11 is 0. The van der Waals surface area contributed by atoms with Gasteiger partial charge in [0.15, 0.2) is 17.5 Å². The molecule has 5 heteroatoms. The van der Waals surface area contributed by atoms with Gasteiger partial charge >= 0.3 is 0 Å². The molecule has 2 nitrogen and oxygen atoms in total. The van der Waals surface area contributed by atoms with Gasteiger partial charge < -0.3 is 10.1 Å². The van der Waals surface area contributed by atoms with E-state index in [1.165, 1.54) is 6.07 Å². The molecule has 98 valence electrons. The molecule has 1 unspecified atom stereocenters. The Balaban J connectivity index is 2.39. The lowest BCUT2D eigenvalue weighted by Crippen LogP contribution is -2.22. The van der Waals surface area contributed by atoms with E-state index in [0.717, 1.165) is 24.5 Å². The van der Waals surface area contributed by atoms with Crippen LogP contribution in [0, 0.1) is 17.5 Å². The van der Waals surface area contributed by atoms with Crippen molar-refractivity contribution in [2.75, 3.05) is 13.7 Å². The lowest BCUT2D eigenvalue weighted by atomic mass is 9.95. The van der Waals surface area contributed by atoms with Gasteiger partial charge in [-0.3, -0.25) is 0 Å². The zero-order chi connectivity index (χ0) is 13.1. The molecular formula is C13H14F3NO. The lowest BCUT2D eigenvalue weighted by Gasteiger charge is -2.23. The molecule has 0 spiro atoms. The molecule has 0 aliphatic carbocycles. The largest absolute Gasteiger partial charge is 0.501 e. The van der Waals surface area contributed by atoms with Crippen LogP contribution >= 0.6 is 0 Å². The highest BCUT2D eigenvalue weighted by Crippen LogP contribution is 2.30. The molecule has 0 amide bonds. The van der Waals surface area contributed by atoms with Gasteiger partial charge in [-0.1, -0.05) is 6.07 Å². The van der Waals surface area contributed by atoms with Crippen molar-refractivity contribution in [3.05, 3.63) is 47.0 Å². The van der Waals surface area contributed by atoms with E-state index in [1.807, 2.05) is 0 Å². The normalized spacial score (nSPS) is 17.0. The topological polar surface area (TPSA) is 21.3 Å². The maximum atomic E-state index is 13.7. The van der Waals surface area contributed by atoms with E-state index in [1.54, 1.807) is 13.3 Å². The monoisotopic (exact) mass is 257 g/mol. The van der Waals surface area contributed by atoms with Crippen molar-refractivity contribution >= 4 is 0 Å². The molecule has 0 bridgehead atoms. The predicted octanol–water partition coefficient (Wildman–Crippen LogP) is 3.06. The van der Waals surface area contributed by atoms with Crippen LogP contribution in [0.1, 0.15) is 24.4 Å². The van der Waals surface area contributed by atoms with Gasteiger partial charge in [-0.15, -0.1) is 0 Å². The summed E-state index contributed by atoms with van der Waals surface area (Å²) in [5, 5.41) is 2.90. The first-order valence-electron chi connectivity index (χ1n) is 5.76. The SMILES string of the molecule is CNC(C1=COCCC1)c1ccc(F)c(F)c1F. The second-order valence-corrected chi connectivity index (χ2v) is 4.15. The highest BCUT2D eigenvalue weighted by atomic mass is 19.2. The Labute approximate surface area is 103 Å². The zero-order valence-electron chi connectivity index (χ0n) is 9.97. The van der Waals surface area contributed by atoms with Crippen molar-refractivity contribution in [1.29, 1.82) is 0 Å². The number of hydrogen-bond acceptors (Lipinski definition) is 2. The smallest absolute Gasteiger partial charge is 0.194 e. The predicted molar refractivity (Wildman–Crippen MR) is 61.4 cm³/mol. The Morgan fingerprint density at radius 1 is 1.22 bits per heavy atom. The fraction of sp³-hybridized carbons (Fsp3) is 0.385. The van der Waals surface area contributed by atoms with Crippen LogP contribution in [-0.2, 0) is 4.74 Å². The highest BCUT2D eigenvalue weighted by Gasteiger charge is 2.23. The van der Waals surface area contributed by atoms with Crippen LogP contribution in [0.4, 0.5) is 13.2 Å². The van der Waals surface area contributed by atoms with Gasteiger partial charge in [0.2, 0.25) is 0 Å². The summed E-state index contributed by atoms with van der Waals surface area (Å²) in [6, 6.07) is 1.69. The molecule has 1 N–H and O–H groups in total. The number of halogens is 3. The number of likely N-dealkylation sites (N-methyl/N-ethyl adjacent to an activating group) is 1. The molecule has 1 aromatic rings. The highest BCUT2D eigenvalue weighted by molar-refractivity contribution is 5.30. The van der Waals surface area contributed by atoms with E-state index in [2.05, 4.69) is 5.32 Å². The van der Waals surface area contributed by atoms with Crippen LogP contribution in [-0.4, -0.2) is 13.7 Å². The number of hydrogen-bond donors (Lipinski definition) is 1. The maximum Gasteiger partial charge on any atom is 0.194 e.